The van der Waals surface area contributed by atoms with Crippen LogP contribution in [0.1, 0.15) is 22.5 Å². The molecule has 0 bridgehead atoms. The van der Waals surface area contributed by atoms with Crippen molar-refractivity contribution < 1.29 is 14.7 Å². The maximum atomic E-state index is 11.2. The zero-order valence-electron chi connectivity index (χ0n) is 15.9. The monoisotopic (exact) mass is 419 g/mol. The van der Waals surface area contributed by atoms with E-state index in [1.807, 2.05) is 42.5 Å². The van der Waals surface area contributed by atoms with E-state index in [2.05, 4.69) is 10.2 Å². The number of amides is 1. The van der Waals surface area contributed by atoms with Crippen LogP contribution in [-0.4, -0.2) is 27.2 Å². The number of carboxylic acids is 1. The van der Waals surface area contributed by atoms with Crippen molar-refractivity contribution in [2.75, 3.05) is 0 Å². The Labute approximate surface area is 177 Å². The summed E-state index contributed by atoms with van der Waals surface area (Å²) in [5, 5.41) is 17.5. The molecule has 0 aliphatic rings. The fraction of sp³-hybridized carbons (Fsp3) is 0.0870. The van der Waals surface area contributed by atoms with Crippen LogP contribution in [0.2, 0.25) is 5.02 Å². The van der Waals surface area contributed by atoms with Crippen LogP contribution in [0, 0.1) is 0 Å². The highest BCUT2D eigenvalue weighted by molar-refractivity contribution is 6.34. The molecule has 0 fully saturated rings. The molecule has 0 saturated carbocycles. The normalized spacial score (nSPS) is 11.0. The van der Waals surface area contributed by atoms with Crippen LogP contribution in [0.3, 0.4) is 0 Å². The van der Waals surface area contributed by atoms with Crippen molar-refractivity contribution in [2.45, 2.75) is 12.8 Å². The average Bonchev–Trinajstić information content (AvgIpc) is 3.13. The molecule has 1 heterocycles. The first kappa shape index (κ1) is 19.7. The first-order valence-corrected chi connectivity index (χ1v) is 9.69. The molecule has 6 nitrogen and oxygen atoms in total. The summed E-state index contributed by atoms with van der Waals surface area (Å²) in [5.41, 5.74) is 11.0. The molecule has 0 aliphatic carbocycles. The van der Waals surface area contributed by atoms with E-state index in [1.54, 1.807) is 18.2 Å². The summed E-state index contributed by atoms with van der Waals surface area (Å²) < 4.78 is 0. The zero-order chi connectivity index (χ0) is 21.3. The number of nitrogens with zero attached hydrogens (tertiary/aromatic N) is 1. The van der Waals surface area contributed by atoms with Crippen molar-refractivity contribution in [3.8, 4) is 22.3 Å². The number of carboxylic acid groups (broad SMARTS) is 1. The van der Waals surface area contributed by atoms with Crippen LogP contribution in [0.15, 0.2) is 60.7 Å². The zero-order valence-corrected chi connectivity index (χ0v) is 16.6. The number of halogens is 1. The van der Waals surface area contributed by atoms with Gasteiger partial charge in [-0.1, -0.05) is 48.0 Å². The van der Waals surface area contributed by atoms with Crippen LogP contribution in [-0.2, 0) is 11.2 Å². The molecule has 3 aromatic carbocycles. The first-order chi connectivity index (χ1) is 14.4. The molecular weight excluding hydrogens is 402 g/mol. The second-order valence-corrected chi connectivity index (χ2v) is 7.37. The summed E-state index contributed by atoms with van der Waals surface area (Å²) in [6, 6.07) is 18.7. The molecule has 0 radical (unpaired) electrons. The molecule has 4 rings (SSSR count). The number of aromatic nitrogens is 2. The third-order valence-electron chi connectivity index (χ3n) is 5.01. The van der Waals surface area contributed by atoms with Gasteiger partial charge in [-0.15, -0.1) is 0 Å². The lowest BCUT2D eigenvalue weighted by atomic mass is 9.98. The van der Waals surface area contributed by atoms with Crippen LogP contribution in [0.25, 0.3) is 33.2 Å². The Kier molecular flexibility index (Phi) is 5.25. The molecule has 0 saturated heterocycles. The van der Waals surface area contributed by atoms with Gasteiger partial charge in [0.05, 0.1) is 17.0 Å². The highest BCUT2D eigenvalue weighted by Crippen LogP contribution is 2.34. The third-order valence-corrected chi connectivity index (χ3v) is 5.32. The summed E-state index contributed by atoms with van der Waals surface area (Å²) in [4.78, 5) is 22.1. The van der Waals surface area contributed by atoms with Gasteiger partial charge in [-0.05, 0) is 41.0 Å². The number of nitrogens with two attached hydrogens (primary N) is 1. The van der Waals surface area contributed by atoms with Gasteiger partial charge in [0.2, 0.25) is 5.91 Å². The third kappa shape index (κ3) is 3.90. The van der Waals surface area contributed by atoms with Crippen LogP contribution >= 0.6 is 11.6 Å². The molecule has 1 amide bonds. The Morgan fingerprint density at radius 3 is 2.17 bits per heavy atom. The largest absolute Gasteiger partial charge is 0.481 e. The minimum absolute atomic E-state index is 0.0263. The van der Waals surface area contributed by atoms with E-state index in [1.165, 1.54) is 0 Å². The van der Waals surface area contributed by atoms with Crippen molar-refractivity contribution in [1.82, 2.24) is 10.2 Å². The number of aromatic amines is 1. The van der Waals surface area contributed by atoms with Crippen molar-refractivity contribution in [2.24, 2.45) is 5.73 Å². The lowest BCUT2D eigenvalue weighted by Crippen LogP contribution is -2.10. The lowest BCUT2D eigenvalue weighted by molar-refractivity contribution is -0.136. The Morgan fingerprint density at radius 2 is 1.57 bits per heavy atom. The van der Waals surface area contributed by atoms with Crippen molar-refractivity contribution in [3.63, 3.8) is 0 Å². The quantitative estimate of drug-likeness (QED) is 0.422. The second-order valence-electron chi connectivity index (χ2n) is 6.96. The maximum Gasteiger partial charge on any atom is 0.303 e. The SMILES string of the molecule is NC(=O)c1ccc(-c2ccc(-c3cc4c(CCC(=O)O)[nH]nc4cc3Cl)cc2)cc1. The molecular formula is C23H18ClN3O3. The van der Waals surface area contributed by atoms with Gasteiger partial charge in [0.1, 0.15) is 0 Å². The van der Waals surface area contributed by atoms with Gasteiger partial charge in [-0.3, -0.25) is 14.7 Å². The molecule has 0 spiro atoms. The van der Waals surface area contributed by atoms with E-state index in [4.69, 9.17) is 22.4 Å². The Balaban J connectivity index is 1.66. The van der Waals surface area contributed by atoms with Gasteiger partial charge in [-0.2, -0.15) is 5.10 Å². The molecule has 4 aromatic rings. The summed E-state index contributed by atoms with van der Waals surface area (Å²) in [6.07, 6.45) is 0.394. The van der Waals surface area contributed by atoms with Gasteiger partial charge in [-0.25, -0.2) is 0 Å². The Bertz CT molecular complexity index is 1250. The predicted octanol–water partition coefficient (Wildman–Crippen LogP) is 4.67. The van der Waals surface area contributed by atoms with E-state index < -0.39 is 11.9 Å². The summed E-state index contributed by atoms with van der Waals surface area (Å²) in [7, 11) is 0. The molecule has 150 valence electrons. The average molecular weight is 420 g/mol. The number of hydrogen-bond acceptors (Lipinski definition) is 3. The number of benzene rings is 3. The Hall–Kier alpha value is -3.64. The summed E-state index contributed by atoms with van der Waals surface area (Å²) in [6.45, 7) is 0. The number of carbonyl (C=O) groups is 2. The van der Waals surface area contributed by atoms with E-state index in [9.17, 15) is 9.59 Å². The fourth-order valence-electron chi connectivity index (χ4n) is 3.40. The number of fused-ring (bicyclic) bond motifs is 1. The number of carbonyl (C=O) groups excluding carboxylic acids is 1. The van der Waals surface area contributed by atoms with E-state index in [-0.39, 0.29) is 6.42 Å². The number of H-pyrrole nitrogens is 1. The minimum Gasteiger partial charge on any atom is -0.481 e. The van der Waals surface area contributed by atoms with Crippen LogP contribution in [0.4, 0.5) is 0 Å². The molecule has 4 N–H and O–H groups in total. The minimum atomic E-state index is -0.855. The van der Waals surface area contributed by atoms with Crippen molar-refractivity contribution >= 4 is 34.4 Å². The number of primary amides is 1. The highest BCUT2D eigenvalue weighted by atomic mass is 35.5. The molecule has 1 aromatic heterocycles. The summed E-state index contributed by atoms with van der Waals surface area (Å²) >= 11 is 6.49. The maximum absolute atomic E-state index is 11.2. The van der Waals surface area contributed by atoms with Crippen molar-refractivity contribution in [3.05, 3.63) is 76.9 Å². The fourth-order valence-corrected chi connectivity index (χ4v) is 3.66. The van der Waals surface area contributed by atoms with Gasteiger partial charge in [0.15, 0.2) is 0 Å². The lowest BCUT2D eigenvalue weighted by Gasteiger charge is -2.08. The van der Waals surface area contributed by atoms with Crippen LogP contribution in [0.5, 0.6) is 0 Å². The number of aliphatic carboxylic acids is 1. The number of rotatable bonds is 6. The van der Waals surface area contributed by atoms with E-state index in [0.717, 1.165) is 33.3 Å². The summed E-state index contributed by atoms with van der Waals surface area (Å²) in [5.74, 6) is -1.31. The molecule has 7 heteroatoms. The Morgan fingerprint density at radius 1 is 0.967 bits per heavy atom. The standard InChI is InChI=1S/C23H18ClN3O3/c24-19-12-21-18(20(26-27-21)9-10-22(28)29)11-17(19)15-5-1-13(2-6-15)14-3-7-16(8-4-14)23(25)30/h1-8,11-12H,9-10H2,(H2,25,30)(H,26,27)(H,28,29). The molecule has 0 aliphatic heterocycles. The molecule has 30 heavy (non-hydrogen) atoms. The second kappa shape index (κ2) is 8.00. The van der Waals surface area contributed by atoms with Gasteiger partial charge >= 0.3 is 5.97 Å². The molecule has 0 unspecified atom stereocenters. The smallest absolute Gasteiger partial charge is 0.303 e. The predicted molar refractivity (Wildman–Crippen MR) is 116 cm³/mol. The molecule has 0 atom stereocenters. The van der Waals surface area contributed by atoms with Gasteiger partial charge in [0.25, 0.3) is 0 Å². The first-order valence-electron chi connectivity index (χ1n) is 9.31. The number of hydrogen-bond donors (Lipinski definition) is 3. The number of nitrogens with one attached hydrogen (secondary N) is 1. The highest BCUT2D eigenvalue weighted by Gasteiger charge is 2.13. The van der Waals surface area contributed by atoms with Crippen LogP contribution < -0.4 is 5.73 Å². The van der Waals surface area contributed by atoms with E-state index in [0.29, 0.717) is 22.5 Å². The number of aryl methyl sites for hydroxylation is 1. The van der Waals surface area contributed by atoms with Gasteiger partial charge < -0.3 is 10.8 Å². The van der Waals surface area contributed by atoms with Gasteiger partial charge in [0, 0.05) is 28.6 Å². The topological polar surface area (TPSA) is 109 Å². The van der Waals surface area contributed by atoms with E-state index >= 15 is 0 Å². The van der Waals surface area contributed by atoms with Crippen molar-refractivity contribution in [1.29, 1.82) is 0 Å².